The van der Waals surface area contributed by atoms with E-state index in [0.29, 0.717) is 0 Å². The molecule has 2 aromatic heterocycles. The molecule has 25 heavy (non-hydrogen) atoms. The van der Waals surface area contributed by atoms with E-state index in [9.17, 15) is 0 Å². The van der Waals surface area contributed by atoms with Crippen molar-refractivity contribution >= 4 is 11.2 Å². The molecule has 1 aliphatic rings. The highest BCUT2D eigenvalue weighted by Gasteiger charge is 2.19. The van der Waals surface area contributed by atoms with Gasteiger partial charge in [-0.2, -0.15) is 0 Å². The number of pyridine rings is 1. The number of hydrogen-bond donors (Lipinski definition) is 1. The van der Waals surface area contributed by atoms with E-state index in [1.165, 1.54) is 44.5 Å². The highest BCUT2D eigenvalue weighted by Crippen LogP contribution is 2.22. The lowest BCUT2D eigenvalue weighted by atomic mass is 9.90. The van der Waals surface area contributed by atoms with Crippen LogP contribution in [0.1, 0.15) is 30.7 Å². The van der Waals surface area contributed by atoms with Crippen LogP contribution in [0, 0.1) is 5.92 Å². The molecule has 0 aliphatic carbocycles. The molecule has 4 rings (SSSR count). The molecule has 3 heterocycles. The van der Waals surface area contributed by atoms with Crippen molar-refractivity contribution in [1.82, 2.24) is 19.9 Å². The summed E-state index contributed by atoms with van der Waals surface area (Å²) in [5.41, 5.74) is 3.36. The molecular weight excluding hydrogens is 308 g/mol. The van der Waals surface area contributed by atoms with Gasteiger partial charge in [0.15, 0.2) is 5.65 Å². The number of fused-ring (bicyclic) bond motifs is 1. The zero-order valence-corrected chi connectivity index (χ0v) is 14.7. The van der Waals surface area contributed by atoms with E-state index in [2.05, 4.69) is 50.2 Å². The number of aromatic nitrogens is 3. The van der Waals surface area contributed by atoms with Crippen molar-refractivity contribution in [2.45, 2.75) is 32.1 Å². The van der Waals surface area contributed by atoms with Crippen molar-refractivity contribution in [2.75, 3.05) is 19.6 Å². The van der Waals surface area contributed by atoms with Crippen molar-refractivity contribution in [3.8, 4) is 0 Å². The topological polar surface area (TPSA) is 44.8 Å². The van der Waals surface area contributed by atoms with E-state index in [-0.39, 0.29) is 0 Å². The van der Waals surface area contributed by atoms with Crippen LogP contribution in [0.4, 0.5) is 0 Å². The minimum absolute atomic E-state index is 0.833. The molecule has 0 spiro atoms. The van der Waals surface area contributed by atoms with Gasteiger partial charge in [0.05, 0.1) is 5.52 Å². The summed E-state index contributed by atoms with van der Waals surface area (Å²) in [4.78, 5) is 14.8. The van der Waals surface area contributed by atoms with Crippen LogP contribution in [0.25, 0.3) is 11.2 Å². The molecule has 0 unspecified atom stereocenters. The van der Waals surface area contributed by atoms with Gasteiger partial charge in [0.1, 0.15) is 5.82 Å². The summed E-state index contributed by atoms with van der Waals surface area (Å²) < 4.78 is 0. The maximum absolute atomic E-state index is 4.57. The fourth-order valence-electron chi connectivity index (χ4n) is 3.84. The minimum atomic E-state index is 0.833. The van der Waals surface area contributed by atoms with E-state index >= 15 is 0 Å². The summed E-state index contributed by atoms with van der Waals surface area (Å²) in [6.07, 6.45) is 7.84. The summed E-state index contributed by atoms with van der Waals surface area (Å²) >= 11 is 0. The Morgan fingerprint density at radius 3 is 2.68 bits per heavy atom. The molecule has 1 aliphatic heterocycles. The Balaban J connectivity index is 1.20. The lowest BCUT2D eigenvalue weighted by molar-refractivity contribution is 0.182. The molecule has 0 amide bonds. The molecule has 4 nitrogen and oxygen atoms in total. The Bertz CT molecular complexity index is 755. The molecule has 3 aromatic rings. The van der Waals surface area contributed by atoms with Gasteiger partial charge in [0.25, 0.3) is 0 Å². The lowest BCUT2D eigenvalue weighted by Crippen LogP contribution is -2.35. The number of aryl methyl sites for hydroxylation is 1. The third-order valence-corrected chi connectivity index (χ3v) is 5.27. The van der Waals surface area contributed by atoms with E-state index in [4.69, 9.17) is 0 Å². The first-order valence-corrected chi connectivity index (χ1v) is 9.43. The van der Waals surface area contributed by atoms with Crippen LogP contribution in [0.2, 0.25) is 0 Å². The molecule has 0 saturated carbocycles. The number of nitrogens with one attached hydrogen (secondary N) is 1. The van der Waals surface area contributed by atoms with Crippen molar-refractivity contribution < 1.29 is 0 Å². The second-order valence-electron chi connectivity index (χ2n) is 7.14. The van der Waals surface area contributed by atoms with Gasteiger partial charge in [-0.25, -0.2) is 9.97 Å². The second-order valence-corrected chi connectivity index (χ2v) is 7.14. The highest BCUT2D eigenvalue weighted by atomic mass is 15.1. The number of rotatable bonds is 6. The second kappa shape index (κ2) is 7.79. The van der Waals surface area contributed by atoms with Gasteiger partial charge in [-0.3, -0.25) is 0 Å². The monoisotopic (exact) mass is 334 g/mol. The quantitative estimate of drug-likeness (QED) is 0.745. The van der Waals surface area contributed by atoms with Crippen molar-refractivity contribution in [3.63, 3.8) is 0 Å². The number of imidazole rings is 1. The number of aromatic amines is 1. The van der Waals surface area contributed by atoms with Crippen LogP contribution in [0.15, 0.2) is 48.7 Å². The van der Waals surface area contributed by atoms with Gasteiger partial charge in [0, 0.05) is 12.6 Å². The lowest BCUT2D eigenvalue weighted by Gasteiger charge is -2.32. The summed E-state index contributed by atoms with van der Waals surface area (Å²) in [6, 6.07) is 14.9. The maximum Gasteiger partial charge on any atom is 0.177 e. The molecule has 0 radical (unpaired) electrons. The predicted molar refractivity (Wildman–Crippen MR) is 102 cm³/mol. The van der Waals surface area contributed by atoms with E-state index in [1.807, 2.05) is 12.1 Å². The van der Waals surface area contributed by atoms with Gasteiger partial charge in [-0.1, -0.05) is 30.3 Å². The Morgan fingerprint density at radius 2 is 1.88 bits per heavy atom. The molecule has 0 bridgehead atoms. The molecule has 0 atom stereocenters. The average Bonchev–Trinajstić information content (AvgIpc) is 3.07. The number of H-pyrrole nitrogens is 1. The van der Waals surface area contributed by atoms with Gasteiger partial charge < -0.3 is 9.88 Å². The van der Waals surface area contributed by atoms with Crippen molar-refractivity contribution in [1.29, 1.82) is 0 Å². The standard InChI is InChI=1S/C21H26N4/c1-2-6-17(7-3-1)16-18-10-14-25(15-11-18)13-5-9-20-23-19-8-4-12-22-21(19)24-20/h1-4,6-8,12,18H,5,9-11,13-16H2,(H,22,23,24). The molecule has 1 aromatic carbocycles. The van der Waals surface area contributed by atoms with Gasteiger partial charge >= 0.3 is 0 Å². The number of hydrogen-bond acceptors (Lipinski definition) is 3. The zero-order chi connectivity index (χ0) is 16.9. The Hall–Kier alpha value is -2.20. The minimum Gasteiger partial charge on any atom is -0.341 e. The SMILES string of the molecule is c1ccc(CC2CCN(CCCc3nc4ncccc4[nH]3)CC2)cc1. The molecule has 1 N–H and O–H groups in total. The van der Waals surface area contributed by atoms with E-state index < -0.39 is 0 Å². The number of nitrogens with zero attached hydrogens (tertiary/aromatic N) is 3. The largest absolute Gasteiger partial charge is 0.341 e. The molecule has 130 valence electrons. The van der Waals surface area contributed by atoms with E-state index in [0.717, 1.165) is 35.7 Å². The summed E-state index contributed by atoms with van der Waals surface area (Å²) in [6.45, 7) is 3.64. The third-order valence-electron chi connectivity index (χ3n) is 5.27. The van der Waals surface area contributed by atoms with Crippen LogP contribution in [0.3, 0.4) is 0 Å². The fourth-order valence-corrected chi connectivity index (χ4v) is 3.84. The van der Waals surface area contributed by atoms with Crippen LogP contribution in [-0.4, -0.2) is 39.5 Å². The first-order valence-electron chi connectivity index (χ1n) is 9.43. The highest BCUT2D eigenvalue weighted by molar-refractivity contribution is 5.69. The summed E-state index contributed by atoms with van der Waals surface area (Å²) in [5, 5.41) is 0. The number of likely N-dealkylation sites (tertiary alicyclic amines) is 1. The first-order chi connectivity index (χ1) is 12.4. The Kier molecular flexibility index (Phi) is 5.07. The number of piperidine rings is 1. The van der Waals surface area contributed by atoms with Crippen LogP contribution in [0.5, 0.6) is 0 Å². The first kappa shape index (κ1) is 16.3. The average molecular weight is 334 g/mol. The van der Waals surface area contributed by atoms with Gasteiger partial charge in [0.2, 0.25) is 0 Å². The smallest absolute Gasteiger partial charge is 0.177 e. The molecule has 4 heteroatoms. The van der Waals surface area contributed by atoms with Gasteiger partial charge in [-0.15, -0.1) is 0 Å². The molecule has 1 fully saturated rings. The van der Waals surface area contributed by atoms with Gasteiger partial charge in [-0.05, 0) is 68.9 Å². The summed E-state index contributed by atoms with van der Waals surface area (Å²) in [5.74, 6) is 1.91. The summed E-state index contributed by atoms with van der Waals surface area (Å²) in [7, 11) is 0. The third kappa shape index (κ3) is 4.26. The predicted octanol–water partition coefficient (Wildman–Crippen LogP) is 3.85. The fraction of sp³-hybridized carbons (Fsp3) is 0.429. The van der Waals surface area contributed by atoms with Crippen molar-refractivity contribution in [2.24, 2.45) is 5.92 Å². The number of benzene rings is 1. The molecular formula is C21H26N4. The maximum atomic E-state index is 4.57. The molecule has 1 saturated heterocycles. The zero-order valence-electron chi connectivity index (χ0n) is 14.7. The van der Waals surface area contributed by atoms with Crippen LogP contribution < -0.4 is 0 Å². The van der Waals surface area contributed by atoms with Crippen LogP contribution in [-0.2, 0) is 12.8 Å². The van der Waals surface area contributed by atoms with Crippen molar-refractivity contribution in [3.05, 3.63) is 60.0 Å². The van der Waals surface area contributed by atoms with E-state index in [1.54, 1.807) is 6.20 Å². The Morgan fingerprint density at radius 1 is 1.04 bits per heavy atom. The normalized spacial score (nSPS) is 16.5. The van der Waals surface area contributed by atoms with Crippen LogP contribution >= 0.6 is 0 Å². The Labute approximate surface area is 149 Å².